The number of aliphatic hydroxyl groups is 1. The van der Waals surface area contributed by atoms with Crippen molar-refractivity contribution in [2.24, 2.45) is 17.8 Å². The molecule has 3 fully saturated rings. The molecule has 2 bridgehead atoms. The van der Waals surface area contributed by atoms with Crippen molar-refractivity contribution >= 4 is 51.0 Å². The lowest BCUT2D eigenvalue weighted by Gasteiger charge is -2.41. The van der Waals surface area contributed by atoms with Crippen molar-refractivity contribution in [3.63, 3.8) is 0 Å². The first-order chi connectivity index (χ1) is 17.0. The summed E-state index contributed by atoms with van der Waals surface area (Å²) in [6, 6.07) is 3.50. The monoisotopic (exact) mass is 582 g/mol. The smallest absolute Gasteiger partial charge is 0.310 e. The number of fused-ring (bicyclic) bond motifs is 1. The van der Waals surface area contributed by atoms with E-state index in [1.165, 1.54) is 9.80 Å². The lowest BCUT2D eigenvalue weighted by atomic mass is 9.70. The molecular formula is C26H32BrClN2O6. The highest BCUT2D eigenvalue weighted by molar-refractivity contribution is 9.09. The summed E-state index contributed by atoms with van der Waals surface area (Å²) in [4.78, 5) is 43.5. The maximum absolute atomic E-state index is 14.5. The number of rotatable bonds is 9. The molecule has 1 spiro atoms. The van der Waals surface area contributed by atoms with Crippen molar-refractivity contribution in [1.29, 1.82) is 0 Å². The number of carboxylic acid groups (broad SMARTS) is 1. The summed E-state index contributed by atoms with van der Waals surface area (Å²) in [5, 5.41) is 20.8. The van der Waals surface area contributed by atoms with Crippen LogP contribution in [0.3, 0.4) is 0 Å². The second-order valence-corrected chi connectivity index (χ2v) is 11.6. The number of likely N-dealkylation sites (tertiary alicyclic amines) is 1. The molecule has 3 aliphatic heterocycles. The fourth-order valence-corrected chi connectivity index (χ4v) is 7.60. The number of carbonyl (C=O) groups is 3. The third kappa shape index (κ3) is 3.90. The zero-order valence-electron chi connectivity index (χ0n) is 20.6. The summed E-state index contributed by atoms with van der Waals surface area (Å²) in [6.07, 6.45) is 1.79. The molecule has 1 aromatic carbocycles. The molecule has 0 aromatic heterocycles. The number of para-hydroxylation sites is 1. The lowest BCUT2D eigenvalue weighted by molar-refractivity contribution is -0.151. The van der Waals surface area contributed by atoms with Crippen LogP contribution in [0, 0.1) is 24.7 Å². The summed E-state index contributed by atoms with van der Waals surface area (Å²) >= 11 is 10.1. The molecule has 10 heteroatoms. The maximum atomic E-state index is 14.5. The topological polar surface area (TPSA) is 107 Å². The number of anilines is 1. The number of carboxylic acids is 1. The summed E-state index contributed by atoms with van der Waals surface area (Å²) < 4.78 is 6.36. The minimum Gasteiger partial charge on any atom is -0.481 e. The number of hydrogen-bond acceptors (Lipinski definition) is 5. The number of hydrogen-bond donors (Lipinski definition) is 2. The number of alkyl halides is 1. The van der Waals surface area contributed by atoms with E-state index < -0.39 is 53.4 Å². The van der Waals surface area contributed by atoms with E-state index in [2.05, 4.69) is 22.5 Å². The van der Waals surface area contributed by atoms with Gasteiger partial charge in [-0.1, -0.05) is 66.0 Å². The van der Waals surface area contributed by atoms with Crippen LogP contribution in [-0.4, -0.2) is 74.7 Å². The van der Waals surface area contributed by atoms with Crippen molar-refractivity contribution in [3.05, 3.63) is 41.4 Å². The van der Waals surface area contributed by atoms with Crippen LogP contribution in [0.4, 0.5) is 5.69 Å². The molecule has 8 nitrogen and oxygen atoms in total. The SMILES string of the molecule is C=CCN(C(=O)[C@H]1N([C@@H](CO)[C@@H](C)CC)C(=O)[C@@H]2[C@@H](C(=O)O)[C@@H]3O[C@@]21CC3Br)c1c(C)cccc1Cl. The zero-order chi connectivity index (χ0) is 26.5. The van der Waals surface area contributed by atoms with Gasteiger partial charge in [-0.05, 0) is 30.9 Å². The standard InChI is InChI=1S/C26H32BrClN2O6/c1-5-10-29(20-14(4)8-7-9-16(20)28)24(33)22-26-11-15(27)21(36-26)18(25(34)35)19(26)23(32)30(22)17(12-31)13(3)6-2/h5,7-9,13,15,17-19,21-22,31H,1,6,10-12H2,2-4H3,(H,34,35)/t13-,15?,17-,18+,19-,21+,22+,26-/m0/s1. The highest BCUT2D eigenvalue weighted by Crippen LogP contribution is 2.61. The van der Waals surface area contributed by atoms with Crippen LogP contribution < -0.4 is 4.90 Å². The van der Waals surface area contributed by atoms with Gasteiger partial charge in [0.15, 0.2) is 0 Å². The van der Waals surface area contributed by atoms with Gasteiger partial charge in [0.1, 0.15) is 11.6 Å². The zero-order valence-corrected chi connectivity index (χ0v) is 22.9. The van der Waals surface area contributed by atoms with Crippen LogP contribution in [0.2, 0.25) is 5.02 Å². The Morgan fingerprint density at radius 3 is 2.69 bits per heavy atom. The predicted octanol–water partition coefficient (Wildman–Crippen LogP) is 3.41. The third-order valence-electron chi connectivity index (χ3n) is 8.13. The summed E-state index contributed by atoms with van der Waals surface area (Å²) in [5.41, 5.74) is -0.0780. The van der Waals surface area contributed by atoms with E-state index >= 15 is 0 Å². The number of aliphatic carboxylic acids is 1. The Hall–Kier alpha value is -1.94. The van der Waals surface area contributed by atoms with Crippen LogP contribution in [0.15, 0.2) is 30.9 Å². The number of halogens is 2. The fraction of sp³-hybridized carbons (Fsp3) is 0.577. The Bertz CT molecular complexity index is 1060. The molecule has 0 aliphatic carbocycles. The molecule has 0 radical (unpaired) electrons. The Balaban J connectivity index is 1.91. The molecule has 2 amide bonds. The van der Waals surface area contributed by atoms with E-state index in [0.717, 1.165) is 5.56 Å². The average Bonchev–Trinajstić information content (AvgIpc) is 3.42. The second kappa shape index (κ2) is 10.1. The minimum atomic E-state index is -1.34. The van der Waals surface area contributed by atoms with Crippen LogP contribution in [0.1, 0.15) is 32.3 Å². The first kappa shape index (κ1) is 27.1. The van der Waals surface area contributed by atoms with Gasteiger partial charge in [0, 0.05) is 11.4 Å². The molecule has 1 aromatic rings. The van der Waals surface area contributed by atoms with Crippen LogP contribution in [0.5, 0.6) is 0 Å². The molecule has 2 N–H and O–H groups in total. The molecule has 196 valence electrons. The van der Waals surface area contributed by atoms with Gasteiger partial charge >= 0.3 is 5.97 Å². The van der Waals surface area contributed by atoms with Crippen molar-refractivity contribution < 1.29 is 29.3 Å². The van der Waals surface area contributed by atoms with E-state index in [9.17, 15) is 24.6 Å². The number of aliphatic hydroxyl groups excluding tert-OH is 1. The van der Waals surface area contributed by atoms with Crippen molar-refractivity contribution in [2.75, 3.05) is 18.1 Å². The highest BCUT2D eigenvalue weighted by atomic mass is 79.9. The number of benzene rings is 1. The maximum Gasteiger partial charge on any atom is 0.310 e. The number of carbonyl (C=O) groups excluding carboxylic acids is 2. The van der Waals surface area contributed by atoms with E-state index in [1.54, 1.807) is 18.2 Å². The van der Waals surface area contributed by atoms with E-state index in [4.69, 9.17) is 16.3 Å². The fourth-order valence-electron chi connectivity index (χ4n) is 6.33. The second-order valence-electron chi connectivity index (χ2n) is 10.0. The van der Waals surface area contributed by atoms with Gasteiger partial charge in [-0.3, -0.25) is 14.4 Å². The predicted molar refractivity (Wildman–Crippen MR) is 139 cm³/mol. The van der Waals surface area contributed by atoms with Gasteiger partial charge in [0.25, 0.3) is 5.91 Å². The Kier molecular flexibility index (Phi) is 7.59. The van der Waals surface area contributed by atoms with Gasteiger partial charge in [0.05, 0.1) is 41.3 Å². The summed E-state index contributed by atoms with van der Waals surface area (Å²) in [5.74, 6) is -4.29. The normalized spacial score (nSPS) is 32.3. The Morgan fingerprint density at radius 1 is 1.44 bits per heavy atom. The van der Waals surface area contributed by atoms with Crippen LogP contribution in [-0.2, 0) is 19.1 Å². The van der Waals surface area contributed by atoms with Crippen LogP contribution in [0.25, 0.3) is 0 Å². The highest BCUT2D eigenvalue weighted by Gasteiger charge is 2.77. The Labute approximate surface area is 224 Å². The molecule has 4 rings (SSSR count). The first-order valence-corrected chi connectivity index (χ1v) is 13.5. The van der Waals surface area contributed by atoms with Gasteiger partial charge in [-0.15, -0.1) is 6.58 Å². The van der Waals surface area contributed by atoms with E-state index in [-0.39, 0.29) is 23.9 Å². The summed E-state index contributed by atoms with van der Waals surface area (Å²) in [6.45, 7) is 9.25. The molecule has 3 saturated heterocycles. The van der Waals surface area contributed by atoms with Gasteiger partial charge in [-0.2, -0.15) is 0 Å². The van der Waals surface area contributed by atoms with Crippen LogP contribution >= 0.6 is 27.5 Å². The molecule has 3 heterocycles. The number of amides is 2. The molecule has 3 aliphatic rings. The molecule has 0 saturated carbocycles. The lowest BCUT2D eigenvalue weighted by Crippen LogP contribution is -2.60. The van der Waals surface area contributed by atoms with Gasteiger partial charge < -0.3 is 24.7 Å². The largest absolute Gasteiger partial charge is 0.481 e. The van der Waals surface area contributed by atoms with Gasteiger partial charge in [-0.25, -0.2) is 0 Å². The average molecular weight is 584 g/mol. The molecule has 36 heavy (non-hydrogen) atoms. The molecule has 1 unspecified atom stereocenters. The van der Waals surface area contributed by atoms with E-state index in [1.807, 2.05) is 26.8 Å². The first-order valence-electron chi connectivity index (χ1n) is 12.2. The quantitative estimate of drug-likeness (QED) is 0.341. The molecule has 8 atom stereocenters. The third-order valence-corrected chi connectivity index (χ3v) is 9.28. The Morgan fingerprint density at radius 2 is 2.14 bits per heavy atom. The van der Waals surface area contributed by atoms with Crippen molar-refractivity contribution in [2.45, 2.75) is 62.2 Å². The van der Waals surface area contributed by atoms with E-state index in [0.29, 0.717) is 23.6 Å². The van der Waals surface area contributed by atoms with Crippen molar-refractivity contribution in [1.82, 2.24) is 4.90 Å². The number of ether oxygens (including phenoxy) is 1. The van der Waals surface area contributed by atoms with Gasteiger partial charge in [0.2, 0.25) is 5.91 Å². The molecular weight excluding hydrogens is 552 g/mol. The number of aryl methyl sites for hydroxylation is 1. The minimum absolute atomic E-state index is 0.124. The van der Waals surface area contributed by atoms with Crippen molar-refractivity contribution in [3.8, 4) is 0 Å². The summed E-state index contributed by atoms with van der Waals surface area (Å²) in [7, 11) is 0. The number of nitrogens with zero attached hydrogens (tertiary/aromatic N) is 2.